The van der Waals surface area contributed by atoms with Crippen molar-refractivity contribution in [3.8, 4) is 11.6 Å². The largest absolute Gasteiger partial charge is 0.573 e. The highest BCUT2D eigenvalue weighted by Crippen LogP contribution is 2.32. The monoisotopic (exact) mass is 451 g/mol. The van der Waals surface area contributed by atoms with E-state index >= 15 is 0 Å². The van der Waals surface area contributed by atoms with Crippen molar-refractivity contribution >= 4 is 5.91 Å². The number of ether oxygens (including phenoxy) is 2. The third-order valence-electron chi connectivity index (χ3n) is 5.51. The van der Waals surface area contributed by atoms with Crippen molar-refractivity contribution in [1.29, 1.82) is 0 Å². The molecule has 9 heteroatoms. The van der Waals surface area contributed by atoms with Gasteiger partial charge < -0.3 is 19.7 Å². The van der Waals surface area contributed by atoms with Crippen molar-refractivity contribution < 1.29 is 27.4 Å². The molecule has 32 heavy (non-hydrogen) atoms. The Morgan fingerprint density at radius 2 is 1.91 bits per heavy atom. The fourth-order valence-corrected chi connectivity index (χ4v) is 3.69. The number of piperidine rings is 1. The van der Waals surface area contributed by atoms with Gasteiger partial charge in [0.15, 0.2) is 5.75 Å². The van der Waals surface area contributed by atoms with E-state index in [1.54, 1.807) is 13.8 Å². The normalized spacial score (nSPS) is 19.9. The molecule has 0 aliphatic carbocycles. The predicted molar refractivity (Wildman–Crippen MR) is 113 cm³/mol. The zero-order chi connectivity index (χ0) is 23.4. The molecule has 0 saturated carbocycles. The highest BCUT2D eigenvalue weighted by Gasteiger charge is 2.36. The molecule has 2 heterocycles. The second-order valence-corrected chi connectivity index (χ2v) is 8.68. The summed E-state index contributed by atoms with van der Waals surface area (Å²) in [6.45, 7) is 4.88. The number of carbonyl (C=O) groups excluding carboxylic acids is 1. The molecule has 0 radical (unpaired) electrons. The van der Waals surface area contributed by atoms with E-state index < -0.39 is 17.5 Å². The number of nitrogens with zero attached hydrogens (tertiary/aromatic N) is 2. The lowest BCUT2D eigenvalue weighted by molar-refractivity contribution is -0.275. The zero-order valence-corrected chi connectivity index (χ0v) is 18.4. The number of halogens is 3. The molecule has 1 saturated heterocycles. The molecular weight excluding hydrogens is 423 g/mol. The molecule has 1 aliphatic rings. The van der Waals surface area contributed by atoms with Crippen LogP contribution in [-0.2, 0) is 4.79 Å². The Balaban J connectivity index is 1.67. The molecule has 1 fully saturated rings. The van der Waals surface area contributed by atoms with Gasteiger partial charge in [0.25, 0.3) is 5.88 Å². The average molecular weight is 451 g/mol. The van der Waals surface area contributed by atoms with Crippen molar-refractivity contribution in [2.24, 2.45) is 5.41 Å². The summed E-state index contributed by atoms with van der Waals surface area (Å²) in [4.78, 5) is 19.1. The Labute approximate surface area is 185 Å². The van der Waals surface area contributed by atoms with Crippen LogP contribution in [-0.4, -0.2) is 54.9 Å². The maximum Gasteiger partial charge on any atom is 0.573 e. The third kappa shape index (κ3) is 6.35. The maximum atomic E-state index is 13.1. The fraction of sp³-hybridized carbons (Fsp3) is 0.478. The van der Waals surface area contributed by atoms with Crippen LogP contribution in [0.4, 0.5) is 13.2 Å². The van der Waals surface area contributed by atoms with Crippen LogP contribution in [0, 0.1) is 5.41 Å². The molecule has 1 aliphatic heterocycles. The van der Waals surface area contributed by atoms with Gasteiger partial charge in [-0.1, -0.05) is 30.3 Å². The summed E-state index contributed by atoms with van der Waals surface area (Å²) in [5.74, 6) is -0.955. The second kappa shape index (κ2) is 9.77. The number of nitrogens with one attached hydrogen (secondary N) is 1. The molecule has 1 N–H and O–H groups in total. The molecule has 1 aromatic heterocycles. The number of alkyl halides is 3. The maximum absolute atomic E-state index is 13.1. The van der Waals surface area contributed by atoms with E-state index in [0.717, 1.165) is 31.1 Å². The van der Waals surface area contributed by atoms with Crippen LogP contribution in [0.15, 0.2) is 48.7 Å². The van der Waals surface area contributed by atoms with Gasteiger partial charge in [0.1, 0.15) is 6.61 Å². The Morgan fingerprint density at radius 3 is 2.59 bits per heavy atom. The van der Waals surface area contributed by atoms with Crippen LogP contribution < -0.4 is 14.8 Å². The SMILES string of the molecule is CN1CCC(NC(=O)C(C)(C)COc2ncccc2OC(F)(F)F)C(c2ccccc2)C1. The first-order valence-electron chi connectivity index (χ1n) is 10.4. The number of benzene rings is 1. The first kappa shape index (κ1) is 23.8. The van der Waals surface area contributed by atoms with Crippen LogP contribution in [0.1, 0.15) is 31.7 Å². The highest BCUT2D eigenvalue weighted by molar-refractivity contribution is 5.82. The minimum Gasteiger partial charge on any atom is -0.474 e. The average Bonchev–Trinajstić information content (AvgIpc) is 2.74. The lowest BCUT2D eigenvalue weighted by Crippen LogP contribution is -2.52. The van der Waals surface area contributed by atoms with Gasteiger partial charge in [0, 0.05) is 24.7 Å². The van der Waals surface area contributed by atoms with Gasteiger partial charge in [-0.05, 0) is 51.6 Å². The van der Waals surface area contributed by atoms with Crippen LogP contribution in [0.2, 0.25) is 0 Å². The van der Waals surface area contributed by atoms with Crippen LogP contribution in [0.25, 0.3) is 0 Å². The molecule has 2 aromatic rings. The quantitative estimate of drug-likeness (QED) is 0.690. The van der Waals surface area contributed by atoms with Gasteiger partial charge in [-0.2, -0.15) is 0 Å². The number of likely N-dealkylation sites (N-methyl/N-ethyl adjacent to an activating group) is 1. The van der Waals surface area contributed by atoms with E-state index in [2.05, 4.69) is 39.1 Å². The minimum absolute atomic E-state index is 0.0562. The van der Waals surface area contributed by atoms with Gasteiger partial charge in [0.05, 0.1) is 5.41 Å². The van der Waals surface area contributed by atoms with E-state index in [4.69, 9.17) is 4.74 Å². The molecule has 2 atom stereocenters. The highest BCUT2D eigenvalue weighted by atomic mass is 19.4. The second-order valence-electron chi connectivity index (χ2n) is 8.68. The predicted octanol–water partition coefficient (Wildman–Crippen LogP) is 3.99. The molecule has 1 aromatic carbocycles. The van der Waals surface area contributed by atoms with E-state index in [0.29, 0.717) is 0 Å². The number of carbonyl (C=O) groups is 1. The smallest absolute Gasteiger partial charge is 0.474 e. The summed E-state index contributed by atoms with van der Waals surface area (Å²) < 4.78 is 47.3. The summed E-state index contributed by atoms with van der Waals surface area (Å²) in [6.07, 6.45) is -2.77. The number of hydrogen-bond acceptors (Lipinski definition) is 5. The van der Waals surface area contributed by atoms with E-state index in [1.165, 1.54) is 12.3 Å². The lowest BCUT2D eigenvalue weighted by Gasteiger charge is -2.39. The summed E-state index contributed by atoms with van der Waals surface area (Å²) in [7, 11) is 2.05. The Bertz CT molecular complexity index is 906. The third-order valence-corrected chi connectivity index (χ3v) is 5.51. The summed E-state index contributed by atoms with van der Waals surface area (Å²) in [6, 6.07) is 12.4. The van der Waals surface area contributed by atoms with Gasteiger partial charge in [-0.15, -0.1) is 13.2 Å². The van der Waals surface area contributed by atoms with Crippen molar-refractivity contribution in [2.75, 3.05) is 26.7 Å². The van der Waals surface area contributed by atoms with Crippen molar-refractivity contribution in [3.05, 3.63) is 54.2 Å². The molecule has 6 nitrogen and oxygen atoms in total. The molecule has 174 valence electrons. The Morgan fingerprint density at radius 1 is 1.19 bits per heavy atom. The van der Waals surface area contributed by atoms with E-state index in [9.17, 15) is 18.0 Å². The van der Waals surface area contributed by atoms with E-state index in [1.807, 2.05) is 18.2 Å². The standard InChI is InChI=1S/C23H28F3N3O3/c1-22(2,15-31-20-19(10-7-12-27-20)32-23(24,25)26)21(30)28-18-11-13-29(3)14-17(18)16-8-5-4-6-9-16/h4-10,12,17-18H,11,13-15H2,1-3H3,(H,28,30). The topological polar surface area (TPSA) is 63.7 Å². The molecule has 0 bridgehead atoms. The molecule has 2 unspecified atom stereocenters. The first-order chi connectivity index (χ1) is 15.0. The minimum atomic E-state index is -4.87. The van der Waals surface area contributed by atoms with Crippen molar-refractivity contribution in [2.45, 2.75) is 38.6 Å². The van der Waals surface area contributed by atoms with Gasteiger partial charge in [0.2, 0.25) is 5.91 Å². The number of rotatable bonds is 7. The molecular formula is C23H28F3N3O3. The fourth-order valence-electron chi connectivity index (χ4n) is 3.69. The summed E-state index contributed by atoms with van der Waals surface area (Å²) in [5.41, 5.74) is 0.151. The molecule has 1 amide bonds. The molecule has 3 rings (SSSR count). The number of hydrogen-bond donors (Lipinski definition) is 1. The van der Waals surface area contributed by atoms with Gasteiger partial charge in [-0.3, -0.25) is 4.79 Å². The zero-order valence-electron chi connectivity index (χ0n) is 18.4. The Kier molecular flexibility index (Phi) is 7.28. The van der Waals surface area contributed by atoms with Crippen molar-refractivity contribution in [1.82, 2.24) is 15.2 Å². The summed E-state index contributed by atoms with van der Waals surface area (Å²) in [5, 5.41) is 3.14. The van der Waals surface area contributed by atoms with Crippen LogP contribution in [0.3, 0.4) is 0 Å². The van der Waals surface area contributed by atoms with Gasteiger partial charge >= 0.3 is 6.36 Å². The number of aromatic nitrogens is 1. The molecule has 0 spiro atoms. The van der Waals surface area contributed by atoms with Crippen LogP contribution >= 0.6 is 0 Å². The first-order valence-corrected chi connectivity index (χ1v) is 10.4. The number of pyridine rings is 1. The lowest BCUT2D eigenvalue weighted by atomic mass is 9.84. The van der Waals surface area contributed by atoms with Gasteiger partial charge in [-0.25, -0.2) is 4.98 Å². The summed E-state index contributed by atoms with van der Waals surface area (Å²) >= 11 is 0. The van der Waals surface area contributed by atoms with E-state index in [-0.39, 0.29) is 30.4 Å². The number of amides is 1. The Hall–Kier alpha value is -2.81. The van der Waals surface area contributed by atoms with Crippen LogP contribution in [0.5, 0.6) is 11.6 Å². The van der Waals surface area contributed by atoms with Crippen molar-refractivity contribution in [3.63, 3.8) is 0 Å². The number of likely N-dealkylation sites (tertiary alicyclic amines) is 1.